The van der Waals surface area contributed by atoms with Crippen molar-refractivity contribution in [1.29, 1.82) is 0 Å². The van der Waals surface area contributed by atoms with Crippen LogP contribution in [0.3, 0.4) is 0 Å². The third kappa shape index (κ3) is 5.33. The summed E-state index contributed by atoms with van der Waals surface area (Å²) in [5.41, 5.74) is 1.40. The van der Waals surface area contributed by atoms with Gasteiger partial charge in [0.15, 0.2) is 0 Å². The van der Waals surface area contributed by atoms with Gasteiger partial charge in [-0.25, -0.2) is 0 Å². The van der Waals surface area contributed by atoms with E-state index in [9.17, 15) is 0 Å². The topological polar surface area (TPSA) is 24.5 Å². The number of hydrogen-bond acceptors (Lipinski definition) is 3. The van der Waals surface area contributed by atoms with Gasteiger partial charge in [0, 0.05) is 19.1 Å². The monoisotopic (exact) mass is 290 g/mol. The number of methoxy groups -OCH3 is 1. The molecular weight excluding hydrogens is 260 g/mol. The van der Waals surface area contributed by atoms with Crippen molar-refractivity contribution in [2.24, 2.45) is 0 Å². The van der Waals surface area contributed by atoms with Crippen molar-refractivity contribution in [2.75, 3.05) is 33.3 Å². The van der Waals surface area contributed by atoms with Crippen LogP contribution in [-0.2, 0) is 6.42 Å². The summed E-state index contributed by atoms with van der Waals surface area (Å²) >= 11 is 0. The lowest BCUT2D eigenvalue weighted by Gasteiger charge is -2.36. The zero-order chi connectivity index (χ0) is 14.9. The second kappa shape index (κ2) is 9.06. The Morgan fingerprint density at radius 3 is 2.76 bits per heavy atom. The van der Waals surface area contributed by atoms with E-state index in [2.05, 4.69) is 41.4 Å². The summed E-state index contributed by atoms with van der Waals surface area (Å²) in [6.45, 7) is 6.95. The molecule has 3 heteroatoms. The molecule has 0 bridgehead atoms. The number of piperidine rings is 1. The molecule has 0 aromatic heterocycles. The van der Waals surface area contributed by atoms with Crippen LogP contribution in [0.1, 0.15) is 38.2 Å². The van der Waals surface area contributed by atoms with Crippen LogP contribution in [0, 0.1) is 0 Å². The molecule has 1 heterocycles. The Bertz CT molecular complexity index is 391. The van der Waals surface area contributed by atoms with Crippen molar-refractivity contribution in [2.45, 2.75) is 45.1 Å². The minimum absolute atomic E-state index is 0.726. The van der Waals surface area contributed by atoms with Crippen LogP contribution in [0.2, 0.25) is 0 Å². The quantitative estimate of drug-likeness (QED) is 0.745. The number of rotatable bonds is 8. The first kappa shape index (κ1) is 16.3. The van der Waals surface area contributed by atoms with Gasteiger partial charge in [-0.3, -0.25) is 4.90 Å². The first-order chi connectivity index (χ1) is 10.3. The molecule has 2 rings (SSSR count). The Hall–Kier alpha value is -1.06. The normalized spacial score (nSPS) is 19.6. The fourth-order valence-electron chi connectivity index (χ4n) is 3.10. The minimum atomic E-state index is 0.726. The van der Waals surface area contributed by atoms with Gasteiger partial charge in [-0.2, -0.15) is 0 Å². The molecule has 0 saturated carbocycles. The average Bonchev–Trinajstić information content (AvgIpc) is 2.54. The second-order valence-electron chi connectivity index (χ2n) is 5.99. The fraction of sp³-hybridized carbons (Fsp3) is 0.667. The zero-order valence-corrected chi connectivity index (χ0v) is 13.6. The number of hydrogen-bond donors (Lipinski definition) is 1. The smallest absolute Gasteiger partial charge is 0.118 e. The van der Waals surface area contributed by atoms with Crippen LogP contribution in [0.5, 0.6) is 5.75 Å². The van der Waals surface area contributed by atoms with Crippen LogP contribution < -0.4 is 10.1 Å². The maximum absolute atomic E-state index is 5.22. The lowest BCUT2D eigenvalue weighted by molar-refractivity contribution is 0.147. The van der Waals surface area contributed by atoms with Crippen molar-refractivity contribution < 1.29 is 4.74 Å². The zero-order valence-electron chi connectivity index (χ0n) is 13.6. The maximum Gasteiger partial charge on any atom is 0.118 e. The van der Waals surface area contributed by atoms with E-state index in [1.165, 1.54) is 44.3 Å². The van der Waals surface area contributed by atoms with E-state index < -0.39 is 0 Å². The number of benzene rings is 1. The van der Waals surface area contributed by atoms with Gasteiger partial charge in [0.25, 0.3) is 0 Å². The van der Waals surface area contributed by atoms with Gasteiger partial charge in [-0.05, 0) is 56.5 Å². The van der Waals surface area contributed by atoms with Crippen molar-refractivity contribution in [3.05, 3.63) is 29.8 Å². The van der Waals surface area contributed by atoms with Crippen LogP contribution in [-0.4, -0.2) is 44.2 Å². The molecule has 0 spiro atoms. The molecule has 1 saturated heterocycles. The summed E-state index contributed by atoms with van der Waals surface area (Å²) in [4.78, 5) is 2.68. The van der Waals surface area contributed by atoms with Crippen molar-refractivity contribution >= 4 is 0 Å². The largest absolute Gasteiger partial charge is 0.497 e. The van der Waals surface area contributed by atoms with Crippen molar-refractivity contribution in [3.8, 4) is 5.75 Å². The second-order valence-corrected chi connectivity index (χ2v) is 5.99. The molecule has 1 atom stereocenters. The molecule has 0 amide bonds. The van der Waals surface area contributed by atoms with Gasteiger partial charge in [-0.15, -0.1) is 0 Å². The highest BCUT2D eigenvalue weighted by Crippen LogP contribution is 2.18. The minimum Gasteiger partial charge on any atom is -0.497 e. The van der Waals surface area contributed by atoms with E-state index in [-0.39, 0.29) is 0 Å². The average molecular weight is 290 g/mol. The molecule has 1 N–H and O–H groups in total. The first-order valence-corrected chi connectivity index (χ1v) is 8.41. The highest BCUT2D eigenvalue weighted by molar-refractivity contribution is 5.27. The van der Waals surface area contributed by atoms with E-state index in [1.807, 2.05) is 0 Å². The number of ether oxygens (including phenoxy) is 1. The molecule has 1 aromatic carbocycles. The van der Waals surface area contributed by atoms with Gasteiger partial charge in [0.1, 0.15) is 5.75 Å². The molecule has 1 aliphatic heterocycles. The summed E-state index contributed by atoms with van der Waals surface area (Å²) < 4.78 is 5.22. The summed E-state index contributed by atoms with van der Waals surface area (Å²) in [6.07, 6.45) is 6.44. The van der Waals surface area contributed by atoms with Gasteiger partial charge in [-0.1, -0.05) is 25.5 Å². The van der Waals surface area contributed by atoms with E-state index >= 15 is 0 Å². The van der Waals surface area contributed by atoms with Gasteiger partial charge < -0.3 is 10.1 Å². The number of likely N-dealkylation sites (tertiary alicyclic amines) is 1. The van der Waals surface area contributed by atoms with Crippen LogP contribution >= 0.6 is 0 Å². The summed E-state index contributed by atoms with van der Waals surface area (Å²) in [5, 5.41) is 3.59. The molecule has 1 aromatic rings. The van der Waals surface area contributed by atoms with Crippen molar-refractivity contribution in [1.82, 2.24) is 10.2 Å². The highest BCUT2D eigenvalue weighted by atomic mass is 16.5. The summed E-state index contributed by atoms with van der Waals surface area (Å²) in [6, 6.07) is 9.22. The summed E-state index contributed by atoms with van der Waals surface area (Å²) in [7, 11) is 1.72. The molecule has 0 radical (unpaired) electrons. The molecule has 21 heavy (non-hydrogen) atoms. The predicted octanol–water partition coefficient (Wildman–Crippen LogP) is 3.09. The Balaban J connectivity index is 1.80. The van der Waals surface area contributed by atoms with Crippen molar-refractivity contribution in [3.63, 3.8) is 0 Å². The van der Waals surface area contributed by atoms with E-state index in [1.54, 1.807) is 7.11 Å². The Morgan fingerprint density at radius 2 is 2.05 bits per heavy atom. The predicted molar refractivity (Wildman–Crippen MR) is 89.1 cm³/mol. The lowest BCUT2D eigenvalue weighted by atomic mass is 10.0. The van der Waals surface area contributed by atoms with Gasteiger partial charge >= 0.3 is 0 Å². The highest BCUT2D eigenvalue weighted by Gasteiger charge is 2.21. The fourth-order valence-corrected chi connectivity index (χ4v) is 3.10. The summed E-state index contributed by atoms with van der Waals surface area (Å²) in [5.74, 6) is 0.943. The standard InChI is InChI=1S/C18H30N2O/c1-3-12-19-15-17-6-4-5-13-20(17)14-11-16-7-9-18(21-2)10-8-16/h7-10,17,19H,3-6,11-15H2,1-2H3. The molecule has 1 unspecified atom stereocenters. The lowest BCUT2D eigenvalue weighted by Crippen LogP contribution is -2.46. The van der Waals surface area contributed by atoms with Crippen LogP contribution in [0.15, 0.2) is 24.3 Å². The van der Waals surface area contributed by atoms with E-state index in [0.29, 0.717) is 0 Å². The number of nitrogens with one attached hydrogen (secondary N) is 1. The molecular formula is C18H30N2O. The molecule has 0 aliphatic carbocycles. The van der Waals surface area contributed by atoms with E-state index in [0.717, 1.165) is 31.3 Å². The molecule has 118 valence electrons. The van der Waals surface area contributed by atoms with E-state index in [4.69, 9.17) is 4.74 Å². The van der Waals surface area contributed by atoms with Crippen LogP contribution in [0.25, 0.3) is 0 Å². The third-order valence-electron chi connectivity index (χ3n) is 4.40. The first-order valence-electron chi connectivity index (χ1n) is 8.41. The maximum atomic E-state index is 5.22. The molecule has 1 aliphatic rings. The SMILES string of the molecule is CCCNCC1CCCCN1CCc1ccc(OC)cc1. The molecule has 3 nitrogen and oxygen atoms in total. The Morgan fingerprint density at radius 1 is 1.24 bits per heavy atom. The third-order valence-corrected chi connectivity index (χ3v) is 4.40. The molecule has 1 fully saturated rings. The van der Waals surface area contributed by atoms with Crippen LogP contribution in [0.4, 0.5) is 0 Å². The number of nitrogens with zero attached hydrogens (tertiary/aromatic N) is 1. The van der Waals surface area contributed by atoms with Gasteiger partial charge in [0.2, 0.25) is 0 Å². The Labute approximate surface area is 129 Å². The van der Waals surface area contributed by atoms with Gasteiger partial charge in [0.05, 0.1) is 7.11 Å². The Kier molecular flexibility index (Phi) is 7.04.